The second kappa shape index (κ2) is 4.98. The quantitative estimate of drug-likeness (QED) is 0.915. The van der Waals surface area contributed by atoms with E-state index in [9.17, 15) is 0 Å². The molecule has 0 aliphatic rings. The molecular formula is C13H10BrN3. The van der Waals surface area contributed by atoms with E-state index in [1.165, 1.54) is 0 Å². The van der Waals surface area contributed by atoms with E-state index in [1.54, 1.807) is 6.07 Å². The summed E-state index contributed by atoms with van der Waals surface area (Å²) in [6, 6.07) is 13.6. The summed E-state index contributed by atoms with van der Waals surface area (Å²) in [7, 11) is 0. The summed E-state index contributed by atoms with van der Waals surface area (Å²) in [5.74, 6) is 0.583. The minimum Gasteiger partial charge on any atom is -0.339 e. The van der Waals surface area contributed by atoms with Crippen LogP contribution in [-0.4, -0.2) is 4.98 Å². The van der Waals surface area contributed by atoms with Crippen LogP contribution in [0.25, 0.3) is 0 Å². The minimum absolute atomic E-state index is 0.520. The molecule has 0 fully saturated rings. The van der Waals surface area contributed by atoms with Gasteiger partial charge in [0, 0.05) is 10.2 Å². The number of pyridine rings is 1. The van der Waals surface area contributed by atoms with E-state index < -0.39 is 0 Å². The van der Waals surface area contributed by atoms with Gasteiger partial charge in [0.05, 0.1) is 11.3 Å². The maximum absolute atomic E-state index is 9.06. The average molecular weight is 288 g/mol. The number of nitrogens with one attached hydrogen (secondary N) is 1. The van der Waals surface area contributed by atoms with Gasteiger partial charge in [-0.15, -0.1) is 0 Å². The summed E-state index contributed by atoms with van der Waals surface area (Å²) in [6.45, 7) is 1.89. The molecule has 84 valence electrons. The number of hydrogen-bond acceptors (Lipinski definition) is 3. The highest BCUT2D eigenvalue weighted by molar-refractivity contribution is 9.10. The molecule has 0 aliphatic carbocycles. The van der Waals surface area contributed by atoms with Gasteiger partial charge in [-0.3, -0.25) is 0 Å². The van der Waals surface area contributed by atoms with Gasteiger partial charge in [-0.1, -0.05) is 18.2 Å². The Morgan fingerprint density at radius 3 is 2.65 bits per heavy atom. The van der Waals surface area contributed by atoms with Gasteiger partial charge in [0.1, 0.15) is 11.9 Å². The fourth-order valence-corrected chi connectivity index (χ4v) is 1.74. The smallest absolute Gasteiger partial charge is 0.148 e. The first-order valence-corrected chi connectivity index (χ1v) is 5.89. The Bertz CT molecular complexity index is 573. The third-order valence-electron chi connectivity index (χ3n) is 2.31. The van der Waals surface area contributed by atoms with Gasteiger partial charge in [0.15, 0.2) is 0 Å². The summed E-state index contributed by atoms with van der Waals surface area (Å²) in [4.78, 5) is 4.36. The maximum atomic E-state index is 9.06. The lowest BCUT2D eigenvalue weighted by Gasteiger charge is -2.09. The lowest BCUT2D eigenvalue weighted by Crippen LogP contribution is -1.99. The van der Waals surface area contributed by atoms with Crippen molar-refractivity contribution >= 4 is 27.4 Å². The van der Waals surface area contributed by atoms with Gasteiger partial charge in [-0.2, -0.15) is 5.26 Å². The van der Waals surface area contributed by atoms with Crippen LogP contribution in [0.3, 0.4) is 0 Å². The number of halogens is 1. The number of aryl methyl sites for hydroxylation is 1. The van der Waals surface area contributed by atoms with Gasteiger partial charge in [0.25, 0.3) is 0 Å². The molecule has 0 saturated carbocycles. The van der Waals surface area contributed by atoms with Crippen molar-refractivity contribution in [2.45, 2.75) is 6.92 Å². The van der Waals surface area contributed by atoms with Crippen molar-refractivity contribution in [1.82, 2.24) is 4.98 Å². The van der Waals surface area contributed by atoms with Gasteiger partial charge < -0.3 is 5.32 Å². The fourth-order valence-electron chi connectivity index (χ4n) is 1.42. The van der Waals surface area contributed by atoms with E-state index in [0.29, 0.717) is 11.4 Å². The molecule has 0 radical (unpaired) electrons. The molecule has 0 bridgehead atoms. The lowest BCUT2D eigenvalue weighted by molar-refractivity contribution is 1.17. The SMILES string of the molecule is Cc1nc(Nc2ccccc2)c(C#N)cc1Br. The number of para-hydroxylation sites is 1. The van der Waals surface area contributed by atoms with Crippen LogP contribution in [0.2, 0.25) is 0 Å². The maximum Gasteiger partial charge on any atom is 0.148 e. The molecule has 1 aromatic carbocycles. The Kier molecular flexibility index (Phi) is 3.40. The lowest BCUT2D eigenvalue weighted by atomic mass is 10.2. The predicted octanol–water partition coefficient (Wildman–Crippen LogP) is 3.77. The third kappa shape index (κ3) is 2.63. The Morgan fingerprint density at radius 2 is 2.00 bits per heavy atom. The number of benzene rings is 1. The van der Waals surface area contributed by atoms with Gasteiger partial charge >= 0.3 is 0 Å². The molecule has 0 atom stereocenters. The Labute approximate surface area is 108 Å². The summed E-state index contributed by atoms with van der Waals surface area (Å²) in [5, 5.41) is 12.2. The van der Waals surface area contributed by atoms with Gasteiger partial charge in [-0.25, -0.2) is 4.98 Å². The zero-order valence-electron chi connectivity index (χ0n) is 9.24. The van der Waals surface area contributed by atoms with Crippen molar-refractivity contribution in [2.75, 3.05) is 5.32 Å². The molecule has 17 heavy (non-hydrogen) atoms. The van der Waals surface area contributed by atoms with Crippen LogP contribution in [0.5, 0.6) is 0 Å². The summed E-state index contributed by atoms with van der Waals surface area (Å²) < 4.78 is 0.840. The molecule has 1 N–H and O–H groups in total. The van der Waals surface area contributed by atoms with E-state index >= 15 is 0 Å². The van der Waals surface area contributed by atoms with Crippen LogP contribution in [0.4, 0.5) is 11.5 Å². The summed E-state index contributed by atoms with van der Waals surface area (Å²) in [5.41, 5.74) is 2.28. The number of aromatic nitrogens is 1. The standard InChI is InChI=1S/C13H10BrN3/c1-9-12(14)7-10(8-15)13(16-9)17-11-5-3-2-4-6-11/h2-7H,1H3,(H,16,17). The predicted molar refractivity (Wildman–Crippen MR) is 71.1 cm³/mol. The largest absolute Gasteiger partial charge is 0.339 e. The normalized spacial score (nSPS) is 9.71. The first-order chi connectivity index (χ1) is 8.20. The zero-order chi connectivity index (χ0) is 12.3. The number of hydrogen-bond donors (Lipinski definition) is 1. The monoisotopic (exact) mass is 287 g/mol. The van der Waals surface area contributed by atoms with Crippen molar-refractivity contribution in [1.29, 1.82) is 5.26 Å². The molecule has 0 spiro atoms. The van der Waals surface area contributed by atoms with Crippen molar-refractivity contribution in [3.8, 4) is 6.07 Å². The molecular weight excluding hydrogens is 278 g/mol. The molecule has 2 rings (SSSR count). The van der Waals surface area contributed by atoms with E-state index in [-0.39, 0.29) is 0 Å². The van der Waals surface area contributed by atoms with E-state index in [1.807, 2.05) is 37.3 Å². The van der Waals surface area contributed by atoms with Crippen LogP contribution in [0, 0.1) is 18.3 Å². The fraction of sp³-hybridized carbons (Fsp3) is 0.0769. The molecule has 0 saturated heterocycles. The highest BCUT2D eigenvalue weighted by Gasteiger charge is 2.07. The number of rotatable bonds is 2. The average Bonchev–Trinajstić information content (AvgIpc) is 2.35. The van der Waals surface area contributed by atoms with Crippen molar-refractivity contribution in [3.63, 3.8) is 0 Å². The van der Waals surface area contributed by atoms with E-state index in [0.717, 1.165) is 15.9 Å². The molecule has 0 aliphatic heterocycles. The molecule has 1 aromatic heterocycles. The molecule has 1 heterocycles. The second-order valence-corrected chi connectivity index (χ2v) is 4.41. The van der Waals surface area contributed by atoms with Gasteiger partial charge in [0.2, 0.25) is 0 Å². The Hall–Kier alpha value is -1.86. The van der Waals surface area contributed by atoms with Crippen LogP contribution >= 0.6 is 15.9 Å². The topological polar surface area (TPSA) is 48.7 Å². The zero-order valence-corrected chi connectivity index (χ0v) is 10.8. The second-order valence-electron chi connectivity index (χ2n) is 3.55. The van der Waals surface area contributed by atoms with Crippen LogP contribution in [-0.2, 0) is 0 Å². The van der Waals surface area contributed by atoms with Crippen molar-refractivity contribution < 1.29 is 0 Å². The highest BCUT2D eigenvalue weighted by atomic mass is 79.9. The van der Waals surface area contributed by atoms with Crippen molar-refractivity contribution in [3.05, 3.63) is 52.1 Å². The number of nitrogens with zero attached hydrogens (tertiary/aromatic N) is 2. The number of anilines is 2. The van der Waals surface area contributed by atoms with E-state index in [2.05, 4.69) is 32.3 Å². The van der Waals surface area contributed by atoms with Crippen LogP contribution in [0.15, 0.2) is 40.9 Å². The molecule has 3 nitrogen and oxygen atoms in total. The molecule has 4 heteroatoms. The highest BCUT2D eigenvalue weighted by Crippen LogP contribution is 2.23. The first kappa shape index (κ1) is 11.6. The summed E-state index contributed by atoms with van der Waals surface area (Å²) in [6.07, 6.45) is 0. The summed E-state index contributed by atoms with van der Waals surface area (Å²) >= 11 is 3.37. The van der Waals surface area contributed by atoms with Crippen molar-refractivity contribution in [2.24, 2.45) is 0 Å². The molecule has 0 unspecified atom stereocenters. The molecule has 2 aromatic rings. The van der Waals surface area contributed by atoms with Gasteiger partial charge in [-0.05, 0) is 41.1 Å². The van der Waals surface area contributed by atoms with E-state index in [4.69, 9.17) is 5.26 Å². The third-order valence-corrected chi connectivity index (χ3v) is 3.11. The Balaban J connectivity index is 2.40. The van der Waals surface area contributed by atoms with Crippen LogP contribution in [0.1, 0.15) is 11.3 Å². The minimum atomic E-state index is 0.520. The molecule has 0 amide bonds. The Morgan fingerprint density at radius 1 is 1.29 bits per heavy atom. The first-order valence-electron chi connectivity index (χ1n) is 5.10. The number of nitriles is 1. The van der Waals surface area contributed by atoms with Crippen LogP contribution < -0.4 is 5.32 Å².